The first-order valence-corrected chi connectivity index (χ1v) is 14.1. The Labute approximate surface area is 230 Å². The SMILES string of the molecule is Cc1ccc(C(C)C)c(OCCCOc2ccc(C=C3C(=N)N4N=C(c5cccs5)SC4=NC3=O)cc2)c1. The maximum absolute atomic E-state index is 12.7. The number of nitrogens with zero attached hydrogens (tertiary/aromatic N) is 3. The summed E-state index contributed by atoms with van der Waals surface area (Å²) < 4.78 is 11.9. The Morgan fingerprint density at radius 3 is 2.61 bits per heavy atom. The summed E-state index contributed by atoms with van der Waals surface area (Å²) in [6.45, 7) is 7.50. The minimum absolute atomic E-state index is 0.0219. The van der Waals surface area contributed by atoms with Crippen LogP contribution in [0.5, 0.6) is 11.5 Å². The number of carbonyl (C=O) groups is 1. The van der Waals surface area contributed by atoms with Gasteiger partial charge < -0.3 is 9.47 Å². The molecule has 194 valence electrons. The van der Waals surface area contributed by atoms with Crippen LogP contribution in [-0.2, 0) is 4.79 Å². The first kappa shape index (κ1) is 25.9. The van der Waals surface area contributed by atoms with Gasteiger partial charge in [0.2, 0.25) is 5.17 Å². The van der Waals surface area contributed by atoms with E-state index in [1.165, 1.54) is 27.9 Å². The second-order valence-corrected chi connectivity index (χ2v) is 11.1. The van der Waals surface area contributed by atoms with Crippen LogP contribution in [0, 0.1) is 12.3 Å². The lowest BCUT2D eigenvalue weighted by atomic mass is 10.0. The molecule has 0 spiro atoms. The van der Waals surface area contributed by atoms with Gasteiger partial charge in [0.25, 0.3) is 5.91 Å². The van der Waals surface area contributed by atoms with Gasteiger partial charge in [0.1, 0.15) is 16.5 Å². The third-order valence-electron chi connectivity index (χ3n) is 5.98. The zero-order valence-electron chi connectivity index (χ0n) is 21.4. The Kier molecular flexibility index (Phi) is 7.76. The molecular weight excluding hydrogens is 516 g/mol. The third kappa shape index (κ3) is 5.74. The monoisotopic (exact) mass is 544 g/mol. The van der Waals surface area contributed by atoms with Crippen molar-refractivity contribution >= 4 is 51.1 Å². The fourth-order valence-electron chi connectivity index (χ4n) is 3.99. The second kappa shape index (κ2) is 11.4. The van der Waals surface area contributed by atoms with Crippen LogP contribution < -0.4 is 9.47 Å². The number of amides is 1. The quantitative estimate of drug-likeness (QED) is 0.239. The van der Waals surface area contributed by atoms with Crippen molar-refractivity contribution in [2.45, 2.75) is 33.1 Å². The van der Waals surface area contributed by atoms with Crippen LogP contribution >= 0.6 is 23.1 Å². The summed E-state index contributed by atoms with van der Waals surface area (Å²) in [6.07, 6.45) is 2.42. The zero-order valence-corrected chi connectivity index (χ0v) is 23.1. The molecule has 38 heavy (non-hydrogen) atoms. The number of fused-ring (bicyclic) bond motifs is 1. The molecule has 0 saturated heterocycles. The van der Waals surface area contributed by atoms with Crippen LogP contribution in [0.15, 0.2) is 75.6 Å². The van der Waals surface area contributed by atoms with Gasteiger partial charge in [-0.15, -0.1) is 11.3 Å². The van der Waals surface area contributed by atoms with Crippen molar-refractivity contribution in [1.29, 1.82) is 5.41 Å². The fraction of sp³-hybridized carbons (Fsp3) is 0.241. The number of aliphatic imine (C=N–C) groups is 1. The van der Waals surface area contributed by atoms with Crippen LogP contribution in [0.2, 0.25) is 0 Å². The van der Waals surface area contributed by atoms with Gasteiger partial charge >= 0.3 is 0 Å². The third-order valence-corrected chi connectivity index (χ3v) is 7.93. The van der Waals surface area contributed by atoms with E-state index in [-0.39, 0.29) is 11.4 Å². The number of rotatable bonds is 9. The molecule has 1 aromatic heterocycles. The Bertz CT molecular complexity index is 1440. The number of thioether (sulfide) groups is 1. The molecule has 0 unspecified atom stereocenters. The molecule has 0 bridgehead atoms. The summed E-state index contributed by atoms with van der Waals surface area (Å²) in [5, 5.41) is 17.6. The Balaban J connectivity index is 1.16. The predicted octanol–water partition coefficient (Wildman–Crippen LogP) is 6.70. The molecule has 2 aliphatic rings. The topological polar surface area (TPSA) is 87.3 Å². The van der Waals surface area contributed by atoms with Crippen molar-refractivity contribution in [3.63, 3.8) is 0 Å². The predicted molar refractivity (Wildman–Crippen MR) is 156 cm³/mol. The van der Waals surface area contributed by atoms with Gasteiger partial charge in [-0.25, -0.2) is 0 Å². The minimum Gasteiger partial charge on any atom is -0.493 e. The summed E-state index contributed by atoms with van der Waals surface area (Å²) in [5.74, 6) is 1.66. The number of hydrazone groups is 1. The van der Waals surface area contributed by atoms with Gasteiger partial charge in [0.05, 0.1) is 23.7 Å². The van der Waals surface area contributed by atoms with E-state index in [9.17, 15) is 4.79 Å². The van der Waals surface area contributed by atoms with E-state index in [1.54, 1.807) is 17.4 Å². The molecule has 0 radical (unpaired) electrons. The average molecular weight is 545 g/mol. The van der Waals surface area contributed by atoms with Crippen molar-refractivity contribution in [2.75, 3.05) is 13.2 Å². The molecule has 0 aliphatic carbocycles. The van der Waals surface area contributed by atoms with Gasteiger partial charge in [0, 0.05) is 6.42 Å². The van der Waals surface area contributed by atoms with Gasteiger partial charge in [-0.05, 0) is 77.0 Å². The van der Waals surface area contributed by atoms with Crippen molar-refractivity contribution in [3.05, 3.63) is 87.1 Å². The highest BCUT2D eigenvalue weighted by Gasteiger charge is 2.36. The second-order valence-electron chi connectivity index (χ2n) is 9.22. The number of ether oxygens (including phenoxy) is 2. The van der Waals surface area contributed by atoms with Gasteiger partial charge in [-0.1, -0.05) is 44.2 Å². The summed E-state index contributed by atoms with van der Waals surface area (Å²) in [5.41, 5.74) is 3.38. The van der Waals surface area contributed by atoms with E-state index in [0.717, 1.165) is 33.4 Å². The standard InChI is InChI=1S/C29H28N4O3S2/c1-18(2)22-12-7-19(3)16-24(22)36-14-5-13-35-21-10-8-20(9-11-21)17-23-26(30)33-29(31-27(23)34)38-28(32-33)25-6-4-15-37-25/h4,6-12,15-18,30H,5,13-14H2,1-3H3. The molecule has 5 rings (SSSR count). The Morgan fingerprint density at radius 1 is 1.08 bits per heavy atom. The molecule has 0 atom stereocenters. The first-order valence-electron chi connectivity index (χ1n) is 12.4. The maximum atomic E-state index is 12.7. The lowest BCUT2D eigenvalue weighted by Crippen LogP contribution is -2.35. The summed E-state index contributed by atoms with van der Waals surface area (Å²) >= 11 is 2.86. The van der Waals surface area contributed by atoms with E-state index in [2.05, 4.69) is 49.1 Å². The first-order chi connectivity index (χ1) is 18.4. The lowest BCUT2D eigenvalue weighted by Gasteiger charge is -2.20. The van der Waals surface area contributed by atoms with Crippen molar-refractivity contribution in [3.8, 4) is 11.5 Å². The molecule has 1 N–H and O–H groups in total. The normalized spacial score (nSPS) is 16.1. The number of hydrogen-bond acceptors (Lipinski definition) is 7. The molecule has 9 heteroatoms. The van der Waals surface area contributed by atoms with E-state index >= 15 is 0 Å². The zero-order chi connectivity index (χ0) is 26.6. The van der Waals surface area contributed by atoms with Crippen LogP contribution in [0.1, 0.15) is 47.8 Å². The molecule has 0 saturated carbocycles. The van der Waals surface area contributed by atoms with Crippen LogP contribution in [0.3, 0.4) is 0 Å². The highest BCUT2D eigenvalue weighted by Crippen LogP contribution is 2.32. The molecule has 3 heterocycles. The smallest absolute Gasteiger partial charge is 0.283 e. The fourth-order valence-corrected chi connectivity index (χ4v) is 5.68. The number of amidine groups is 2. The number of benzene rings is 2. The number of aryl methyl sites for hydroxylation is 1. The molecule has 7 nitrogen and oxygen atoms in total. The summed E-state index contributed by atoms with van der Waals surface area (Å²) in [6, 6.07) is 17.7. The lowest BCUT2D eigenvalue weighted by molar-refractivity contribution is -0.114. The Hall–Kier alpha value is -3.69. The molecule has 1 amide bonds. The summed E-state index contributed by atoms with van der Waals surface area (Å²) in [4.78, 5) is 17.8. The van der Waals surface area contributed by atoms with Crippen molar-refractivity contribution in [2.24, 2.45) is 10.1 Å². The van der Waals surface area contributed by atoms with E-state index in [1.807, 2.05) is 41.8 Å². The minimum atomic E-state index is -0.439. The number of nitrogens with one attached hydrogen (secondary N) is 1. The van der Waals surface area contributed by atoms with E-state index in [0.29, 0.717) is 24.3 Å². The largest absolute Gasteiger partial charge is 0.493 e. The molecule has 3 aromatic rings. The van der Waals surface area contributed by atoms with Crippen LogP contribution in [-0.4, -0.2) is 40.2 Å². The van der Waals surface area contributed by atoms with Crippen LogP contribution in [0.4, 0.5) is 0 Å². The molecule has 0 fully saturated rings. The molecule has 2 aliphatic heterocycles. The van der Waals surface area contributed by atoms with Crippen molar-refractivity contribution < 1.29 is 14.3 Å². The van der Waals surface area contributed by atoms with E-state index < -0.39 is 5.91 Å². The average Bonchev–Trinajstić information content (AvgIpc) is 3.57. The Morgan fingerprint density at radius 2 is 1.87 bits per heavy atom. The van der Waals surface area contributed by atoms with Gasteiger partial charge in [-0.3, -0.25) is 10.2 Å². The maximum Gasteiger partial charge on any atom is 0.283 e. The van der Waals surface area contributed by atoms with Gasteiger partial charge in [0.15, 0.2) is 5.84 Å². The number of thiophene rings is 1. The number of hydrogen-bond donors (Lipinski definition) is 1. The summed E-state index contributed by atoms with van der Waals surface area (Å²) in [7, 11) is 0. The van der Waals surface area contributed by atoms with Crippen molar-refractivity contribution in [1.82, 2.24) is 5.01 Å². The molecular formula is C29H28N4O3S2. The molecule has 2 aromatic carbocycles. The number of carbonyl (C=O) groups excluding carboxylic acids is 1. The highest BCUT2D eigenvalue weighted by molar-refractivity contribution is 8.27. The van der Waals surface area contributed by atoms with E-state index in [4.69, 9.17) is 14.9 Å². The van der Waals surface area contributed by atoms with Crippen LogP contribution in [0.25, 0.3) is 6.08 Å². The highest BCUT2D eigenvalue weighted by atomic mass is 32.2. The van der Waals surface area contributed by atoms with Gasteiger partial charge in [-0.2, -0.15) is 15.1 Å².